The van der Waals surface area contributed by atoms with Gasteiger partial charge in [0.1, 0.15) is 0 Å². The third-order valence-corrected chi connectivity index (χ3v) is 4.60. The van der Waals surface area contributed by atoms with Crippen molar-refractivity contribution in [1.82, 2.24) is 10.3 Å². The Morgan fingerprint density at radius 3 is 2.65 bits per heavy atom. The van der Waals surface area contributed by atoms with Crippen molar-refractivity contribution in [2.45, 2.75) is 26.7 Å². The van der Waals surface area contributed by atoms with E-state index >= 15 is 0 Å². The maximum Gasteiger partial charge on any atom is 0.251 e. The summed E-state index contributed by atoms with van der Waals surface area (Å²) in [6, 6.07) is 17.9. The number of H-pyrrole nitrogens is 1. The molecule has 4 heteroatoms. The van der Waals surface area contributed by atoms with Crippen molar-refractivity contribution >= 4 is 16.8 Å². The first-order valence-electron chi connectivity index (χ1n) is 8.97. The molecule has 4 nitrogen and oxygen atoms in total. The van der Waals surface area contributed by atoms with Gasteiger partial charge in [0.2, 0.25) is 5.91 Å². The molecule has 0 fully saturated rings. The second-order valence-electron chi connectivity index (χ2n) is 6.85. The summed E-state index contributed by atoms with van der Waals surface area (Å²) in [4.78, 5) is 27.4. The van der Waals surface area contributed by atoms with E-state index in [1.54, 1.807) is 0 Å². The Bertz CT molecular complexity index is 961. The fourth-order valence-corrected chi connectivity index (χ4v) is 3.10. The van der Waals surface area contributed by atoms with Gasteiger partial charge in [0.25, 0.3) is 5.56 Å². The molecule has 2 N–H and O–H groups in total. The molecule has 0 bridgehead atoms. The zero-order valence-corrected chi connectivity index (χ0v) is 15.2. The molecular formula is C22H24N2O2. The highest BCUT2D eigenvalue weighted by Gasteiger charge is 2.13. The van der Waals surface area contributed by atoms with E-state index in [2.05, 4.69) is 10.3 Å². The van der Waals surface area contributed by atoms with Gasteiger partial charge < -0.3 is 10.3 Å². The SMILES string of the molecule is Cc1ccc2cc(CCNC(=O)C(C)Cc3ccccc3)c(=O)[nH]c2c1. The summed E-state index contributed by atoms with van der Waals surface area (Å²) in [5.74, 6) is -0.0861. The molecule has 0 spiro atoms. The molecule has 26 heavy (non-hydrogen) atoms. The van der Waals surface area contributed by atoms with E-state index < -0.39 is 0 Å². The molecule has 1 unspecified atom stereocenters. The Morgan fingerprint density at radius 1 is 1.12 bits per heavy atom. The average Bonchev–Trinajstić information content (AvgIpc) is 2.63. The van der Waals surface area contributed by atoms with Crippen molar-refractivity contribution in [3.63, 3.8) is 0 Å². The van der Waals surface area contributed by atoms with Gasteiger partial charge in [-0.1, -0.05) is 49.4 Å². The summed E-state index contributed by atoms with van der Waals surface area (Å²) < 4.78 is 0. The maximum atomic E-state index is 12.3. The number of carbonyl (C=O) groups excluding carboxylic acids is 1. The number of amides is 1. The molecule has 1 amide bonds. The normalized spacial score (nSPS) is 12.1. The van der Waals surface area contributed by atoms with Crippen molar-refractivity contribution < 1.29 is 4.79 Å². The van der Waals surface area contributed by atoms with Crippen molar-refractivity contribution in [1.29, 1.82) is 0 Å². The van der Waals surface area contributed by atoms with E-state index in [0.717, 1.165) is 22.0 Å². The molecule has 3 rings (SSSR count). The topological polar surface area (TPSA) is 62.0 Å². The third kappa shape index (κ3) is 4.39. The quantitative estimate of drug-likeness (QED) is 0.717. The summed E-state index contributed by atoms with van der Waals surface area (Å²) in [6.07, 6.45) is 1.23. The first-order chi connectivity index (χ1) is 12.5. The summed E-state index contributed by atoms with van der Waals surface area (Å²) in [6.45, 7) is 4.38. The molecule has 1 heterocycles. The number of fused-ring (bicyclic) bond motifs is 1. The molecule has 0 aliphatic heterocycles. The lowest BCUT2D eigenvalue weighted by atomic mass is 10.0. The Labute approximate surface area is 153 Å². The number of pyridine rings is 1. The molecule has 1 atom stereocenters. The van der Waals surface area contributed by atoms with E-state index in [1.807, 2.05) is 68.4 Å². The van der Waals surface area contributed by atoms with Gasteiger partial charge in [-0.05, 0) is 48.4 Å². The zero-order valence-electron chi connectivity index (χ0n) is 15.2. The molecular weight excluding hydrogens is 324 g/mol. The van der Waals surface area contributed by atoms with Gasteiger partial charge in [-0.3, -0.25) is 9.59 Å². The Morgan fingerprint density at radius 2 is 1.88 bits per heavy atom. The maximum absolute atomic E-state index is 12.3. The second-order valence-corrected chi connectivity index (χ2v) is 6.85. The van der Waals surface area contributed by atoms with Crippen molar-refractivity contribution in [2.75, 3.05) is 6.54 Å². The average molecular weight is 348 g/mol. The van der Waals surface area contributed by atoms with Crippen LogP contribution in [0.4, 0.5) is 0 Å². The molecule has 2 aromatic carbocycles. The van der Waals surface area contributed by atoms with Crippen LogP contribution in [-0.4, -0.2) is 17.4 Å². The summed E-state index contributed by atoms with van der Waals surface area (Å²) >= 11 is 0. The highest BCUT2D eigenvalue weighted by molar-refractivity contribution is 5.80. The number of rotatable bonds is 6. The highest BCUT2D eigenvalue weighted by Crippen LogP contribution is 2.13. The first kappa shape index (κ1) is 17.9. The monoisotopic (exact) mass is 348 g/mol. The Balaban J connectivity index is 1.58. The minimum atomic E-state index is -0.102. The van der Waals surface area contributed by atoms with Crippen LogP contribution in [0.25, 0.3) is 10.9 Å². The minimum Gasteiger partial charge on any atom is -0.356 e. The van der Waals surface area contributed by atoms with Gasteiger partial charge in [-0.2, -0.15) is 0 Å². The van der Waals surface area contributed by atoms with Crippen molar-refractivity contribution in [3.8, 4) is 0 Å². The molecule has 1 aromatic heterocycles. The minimum absolute atomic E-state index is 0.0155. The van der Waals surface area contributed by atoms with Gasteiger partial charge in [-0.15, -0.1) is 0 Å². The predicted molar refractivity (Wildman–Crippen MR) is 105 cm³/mol. The number of aromatic nitrogens is 1. The van der Waals surface area contributed by atoms with Gasteiger partial charge in [-0.25, -0.2) is 0 Å². The van der Waals surface area contributed by atoms with E-state index in [1.165, 1.54) is 0 Å². The van der Waals surface area contributed by atoms with E-state index in [-0.39, 0.29) is 17.4 Å². The number of aryl methyl sites for hydroxylation is 1. The fraction of sp³-hybridized carbons (Fsp3) is 0.273. The Kier molecular flexibility index (Phi) is 5.52. The number of aromatic amines is 1. The van der Waals surface area contributed by atoms with E-state index in [4.69, 9.17) is 0 Å². The highest BCUT2D eigenvalue weighted by atomic mass is 16.1. The van der Waals surface area contributed by atoms with Gasteiger partial charge in [0, 0.05) is 23.5 Å². The molecule has 0 aliphatic carbocycles. The lowest BCUT2D eigenvalue weighted by molar-refractivity contribution is -0.124. The van der Waals surface area contributed by atoms with Gasteiger partial charge >= 0.3 is 0 Å². The number of benzene rings is 2. The van der Waals surface area contributed by atoms with Crippen LogP contribution in [0.1, 0.15) is 23.6 Å². The van der Waals surface area contributed by atoms with E-state index in [0.29, 0.717) is 24.9 Å². The van der Waals surface area contributed by atoms with Gasteiger partial charge in [0.15, 0.2) is 0 Å². The second kappa shape index (κ2) is 8.00. The molecule has 0 saturated heterocycles. The van der Waals surface area contributed by atoms with Gasteiger partial charge in [0.05, 0.1) is 0 Å². The lowest BCUT2D eigenvalue weighted by Gasteiger charge is -2.12. The molecule has 3 aromatic rings. The largest absolute Gasteiger partial charge is 0.356 e. The summed E-state index contributed by atoms with van der Waals surface area (Å²) in [7, 11) is 0. The summed E-state index contributed by atoms with van der Waals surface area (Å²) in [5.41, 5.74) is 3.71. The number of hydrogen-bond acceptors (Lipinski definition) is 2. The molecule has 0 saturated carbocycles. The first-order valence-corrected chi connectivity index (χ1v) is 8.97. The van der Waals surface area contributed by atoms with Crippen LogP contribution < -0.4 is 10.9 Å². The number of nitrogens with one attached hydrogen (secondary N) is 2. The van der Waals surface area contributed by atoms with E-state index in [9.17, 15) is 9.59 Å². The molecule has 0 aliphatic rings. The number of hydrogen-bond donors (Lipinski definition) is 2. The van der Waals surface area contributed by atoms with Crippen LogP contribution in [-0.2, 0) is 17.6 Å². The van der Waals surface area contributed by atoms with Crippen LogP contribution in [0, 0.1) is 12.8 Å². The van der Waals surface area contributed by atoms with Crippen LogP contribution in [0.3, 0.4) is 0 Å². The van der Waals surface area contributed by atoms with Crippen LogP contribution in [0.2, 0.25) is 0 Å². The lowest BCUT2D eigenvalue weighted by Crippen LogP contribution is -2.32. The Hall–Kier alpha value is -2.88. The number of carbonyl (C=O) groups is 1. The van der Waals surface area contributed by atoms with Crippen molar-refractivity contribution in [2.24, 2.45) is 5.92 Å². The molecule has 0 radical (unpaired) electrons. The summed E-state index contributed by atoms with van der Waals surface area (Å²) in [5, 5.41) is 3.95. The van der Waals surface area contributed by atoms with Crippen molar-refractivity contribution in [3.05, 3.63) is 81.6 Å². The standard InChI is InChI=1S/C22H24N2O2/c1-15-8-9-18-14-19(22(26)24-20(18)12-15)10-11-23-21(25)16(2)13-17-6-4-3-5-7-17/h3-9,12,14,16H,10-11,13H2,1-2H3,(H,23,25)(H,24,26). The fourth-order valence-electron chi connectivity index (χ4n) is 3.10. The predicted octanol–water partition coefficient (Wildman–Crippen LogP) is 3.37. The molecule has 134 valence electrons. The van der Waals surface area contributed by atoms with Crippen LogP contribution in [0.5, 0.6) is 0 Å². The van der Waals surface area contributed by atoms with Crippen LogP contribution in [0.15, 0.2) is 59.4 Å². The smallest absolute Gasteiger partial charge is 0.251 e. The van der Waals surface area contributed by atoms with Crippen LogP contribution >= 0.6 is 0 Å². The zero-order chi connectivity index (χ0) is 18.5. The third-order valence-electron chi connectivity index (χ3n) is 4.60.